The molecule has 0 atom stereocenters. The summed E-state index contributed by atoms with van der Waals surface area (Å²) >= 11 is 6.02. The third-order valence-electron chi connectivity index (χ3n) is 3.07. The molecule has 1 aromatic carbocycles. The molecule has 0 bridgehead atoms. The van der Waals surface area contributed by atoms with Gasteiger partial charge in [-0.05, 0) is 25.5 Å². The van der Waals surface area contributed by atoms with Gasteiger partial charge in [-0.3, -0.25) is 19.6 Å². The van der Waals surface area contributed by atoms with Crippen molar-refractivity contribution in [1.29, 1.82) is 0 Å². The molecule has 0 spiro atoms. The van der Waals surface area contributed by atoms with E-state index in [-0.39, 0.29) is 22.1 Å². The van der Waals surface area contributed by atoms with Gasteiger partial charge in [0.25, 0.3) is 11.6 Å². The lowest BCUT2D eigenvalue weighted by molar-refractivity contribution is -0.384. The maximum absolute atomic E-state index is 12.2. The Hall–Kier alpha value is -2.41. The van der Waals surface area contributed by atoms with Crippen LogP contribution in [0.25, 0.3) is 0 Å². The number of nitrogens with one attached hydrogen (secondary N) is 1. The van der Waals surface area contributed by atoms with E-state index in [0.29, 0.717) is 5.69 Å². The second kappa shape index (κ2) is 5.53. The maximum Gasteiger partial charge on any atom is 0.293 e. The van der Waals surface area contributed by atoms with Crippen LogP contribution < -0.4 is 5.32 Å². The number of hydrogen-bond acceptors (Lipinski definition) is 4. The Kier molecular flexibility index (Phi) is 3.95. The Morgan fingerprint density at radius 3 is 2.62 bits per heavy atom. The number of rotatable bonds is 3. The highest BCUT2D eigenvalue weighted by molar-refractivity contribution is 6.34. The van der Waals surface area contributed by atoms with Crippen LogP contribution in [-0.4, -0.2) is 20.6 Å². The average Bonchev–Trinajstić information content (AvgIpc) is 2.68. The van der Waals surface area contributed by atoms with E-state index in [2.05, 4.69) is 10.4 Å². The van der Waals surface area contributed by atoms with Crippen LogP contribution in [0.3, 0.4) is 0 Å². The van der Waals surface area contributed by atoms with E-state index in [0.717, 1.165) is 5.56 Å². The van der Waals surface area contributed by atoms with Crippen molar-refractivity contribution in [2.45, 2.75) is 13.8 Å². The van der Waals surface area contributed by atoms with Crippen molar-refractivity contribution in [3.8, 4) is 0 Å². The first-order valence-electron chi connectivity index (χ1n) is 6.06. The van der Waals surface area contributed by atoms with Gasteiger partial charge in [-0.15, -0.1) is 0 Å². The summed E-state index contributed by atoms with van der Waals surface area (Å²) in [6.07, 6.45) is 0. The Bertz CT molecular complexity index is 739. The van der Waals surface area contributed by atoms with Gasteiger partial charge in [0.1, 0.15) is 5.69 Å². The average molecular weight is 309 g/mol. The highest BCUT2D eigenvalue weighted by atomic mass is 35.5. The van der Waals surface area contributed by atoms with E-state index < -0.39 is 10.8 Å². The largest absolute Gasteiger partial charge is 0.315 e. The topological polar surface area (TPSA) is 90.1 Å². The summed E-state index contributed by atoms with van der Waals surface area (Å²) in [5.41, 5.74) is 1.33. The van der Waals surface area contributed by atoms with Crippen molar-refractivity contribution in [2.75, 3.05) is 5.32 Å². The summed E-state index contributed by atoms with van der Waals surface area (Å²) in [4.78, 5) is 22.6. The highest BCUT2D eigenvalue weighted by Crippen LogP contribution is 2.27. The van der Waals surface area contributed by atoms with Gasteiger partial charge in [0.05, 0.1) is 15.6 Å². The number of benzene rings is 1. The molecule has 0 fully saturated rings. The number of aryl methyl sites for hydroxylation is 2. The molecular formula is C13H13ClN4O3. The molecule has 2 rings (SSSR count). The van der Waals surface area contributed by atoms with E-state index in [4.69, 9.17) is 11.6 Å². The van der Waals surface area contributed by atoms with Crippen LogP contribution in [0.15, 0.2) is 18.2 Å². The van der Waals surface area contributed by atoms with Crippen LogP contribution >= 0.6 is 11.6 Å². The summed E-state index contributed by atoms with van der Waals surface area (Å²) in [6.45, 7) is 3.46. The number of aromatic nitrogens is 2. The quantitative estimate of drug-likeness (QED) is 0.697. The number of nitro groups is 1. The molecule has 0 radical (unpaired) electrons. The van der Waals surface area contributed by atoms with E-state index in [1.54, 1.807) is 27.0 Å². The van der Waals surface area contributed by atoms with Gasteiger partial charge < -0.3 is 5.32 Å². The molecule has 1 aromatic heterocycles. The number of nitro benzene ring substituents is 1. The second-order valence-electron chi connectivity index (χ2n) is 4.60. The summed E-state index contributed by atoms with van der Waals surface area (Å²) in [6, 6.07) is 4.55. The third kappa shape index (κ3) is 2.87. The SMILES string of the molecule is Cc1ccc(NC(=O)c2nn(C)c(C)c2Cl)c([N+](=O)[O-])c1. The van der Waals surface area contributed by atoms with Crippen molar-refractivity contribution in [3.05, 3.63) is 50.3 Å². The van der Waals surface area contributed by atoms with Crippen molar-refractivity contribution in [1.82, 2.24) is 9.78 Å². The van der Waals surface area contributed by atoms with Crippen molar-refractivity contribution >= 4 is 28.9 Å². The summed E-state index contributed by atoms with van der Waals surface area (Å²) < 4.78 is 1.47. The fourth-order valence-corrected chi connectivity index (χ4v) is 2.05. The fourth-order valence-electron chi connectivity index (χ4n) is 1.81. The normalized spacial score (nSPS) is 10.5. The minimum atomic E-state index is -0.587. The second-order valence-corrected chi connectivity index (χ2v) is 4.98. The molecule has 1 N–H and O–H groups in total. The van der Waals surface area contributed by atoms with Gasteiger partial charge in [0.2, 0.25) is 0 Å². The zero-order valence-corrected chi connectivity index (χ0v) is 12.4. The molecule has 0 aliphatic carbocycles. The zero-order valence-electron chi connectivity index (χ0n) is 11.7. The molecule has 8 heteroatoms. The van der Waals surface area contributed by atoms with Gasteiger partial charge >= 0.3 is 0 Å². The standard InChI is InChI=1S/C13H13ClN4O3/c1-7-4-5-9(10(6-7)18(20)21)15-13(19)12-11(14)8(2)17(3)16-12/h4-6H,1-3H3,(H,15,19). The van der Waals surface area contributed by atoms with Crippen LogP contribution in [0.1, 0.15) is 21.7 Å². The molecule has 1 amide bonds. The predicted molar refractivity (Wildman–Crippen MR) is 78.7 cm³/mol. The number of carbonyl (C=O) groups is 1. The van der Waals surface area contributed by atoms with E-state index in [1.807, 2.05) is 0 Å². The minimum Gasteiger partial charge on any atom is -0.315 e. The van der Waals surface area contributed by atoms with Crippen molar-refractivity contribution in [2.24, 2.45) is 7.05 Å². The zero-order chi connectivity index (χ0) is 15.7. The predicted octanol–water partition coefficient (Wildman–Crippen LogP) is 2.85. The minimum absolute atomic E-state index is 0.0338. The first-order chi connectivity index (χ1) is 9.81. The monoisotopic (exact) mass is 308 g/mol. The van der Waals surface area contributed by atoms with Gasteiger partial charge in [0.15, 0.2) is 5.69 Å². The molecular weight excluding hydrogens is 296 g/mol. The van der Waals surface area contributed by atoms with E-state index >= 15 is 0 Å². The van der Waals surface area contributed by atoms with E-state index in [9.17, 15) is 14.9 Å². The van der Waals surface area contributed by atoms with Crippen LogP contribution in [0.2, 0.25) is 5.02 Å². The number of nitrogens with zero attached hydrogens (tertiary/aromatic N) is 3. The van der Waals surface area contributed by atoms with Gasteiger partial charge in [-0.2, -0.15) is 5.10 Å². The summed E-state index contributed by atoms with van der Waals surface area (Å²) in [5.74, 6) is -0.587. The molecule has 0 aliphatic rings. The highest BCUT2D eigenvalue weighted by Gasteiger charge is 2.21. The molecule has 0 aliphatic heterocycles. The number of anilines is 1. The lowest BCUT2D eigenvalue weighted by atomic mass is 10.2. The number of carbonyl (C=O) groups excluding carboxylic acids is 1. The number of hydrogen-bond donors (Lipinski definition) is 1. The van der Waals surface area contributed by atoms with Crippen molar-refractivity contribution < 1.29 is 9.72 Å². The smallest absolute Gasteiger partial charge is 0.293 e. The van der Waals surface area contributed by atoms with Crippen molar-refractivity contribution in [3.63, 3.8) is 0 Å². The van der Waals surface area contributed by atoms with Crippen LogP contribution in [0.5, 0.6) is 0 Å². The lowest BCUT2D eigenvalue weighted by Crippen LogP contribution is -2.14. The summed E-state index contributed by atoms with van der Waals surface area (Å²) in [7, 11) is 1.66. The number of halogens is 1. The first kappa shape index (κ1) is 15.0. The molecule has 0 unspecified atom stereocenters. The maximum atomic E-state index is 12.2. The Morgan fingerprint density at radius 1 is 1.43 bits per heavy atom. The van der Waals surface area contributed by atoms with Gasteiger partial charge in [-0.25, -0.2) is 0 Å². The Morgan fingerprint density at radius 2 is 2.10 bits per heavy atom. The molecule has 2 aromatic rings. The van der Waals surface area contributed by atoms with Gasteiger partial charge in [-0.1, -0.05) is 17.7 Å². The Labute approximate surface area is 125 Å². The number of amides is 1. The molecule has 7 nitrogen and oxygen atoms in total. The molecule has 1 heterocycles. The van der Waals surface area contributed by atoms with Gasteiger partial charge in [0, 0.05) is 13.1 Å². The summed E-state index contributed by atoms with van der Waals surface area (Å²) in [5, 5.41) is 17.7. The Balaban J connectivity index is 2.36. The van der Waals surface area contributed by atoms with Crippen LogP contribution in [0, 0.1) is 24.0 Å². The lowest BCUT2D eigenvalue weighted by Gasteiger charge is -2.05. The van der Waals surface area contributed by atoms with E-state index in [1.165, 1.54) is 16.8 Å². The third-order valence-corrected chi connectivity index (χ3v) is 3.53. The molecule has 0 saturated heterocycles. The van der Waals surface area contributed by atoms with Crippen LogP contribution in [0.4, 0.5) is 11.4 Å². The molecule has 110 valence electrons. The molecule has 0 saturated carbocycles. The van der Waals surface area contributed by atoms with Crippen LogP contribution in [-0.2, 0) is 7.05 Å². The fraction of sp³-hybridized carbons (Fsp3) is 0.231. The first-order valence-corrected chi connectivity index (χ1v) is 6.44. The molecule has 21 heavy (non-hydrogen) atoms.